The van der Waals surface area contributed by atoms with Crippen molar-refractivity contribution in [3.05, 3.63) is 11.6 Å². The monoisotopic (exact) mass is 472 g/mol. The molecule has 4 nitrogen and oxygen atoms in total. The molecule has 5 fully saturated rings. The Morgan fingerprint density at radius 2 is 1.59 bits per heavy atom. The van der Waals surface area contributed by atoms with E-state index < -0.39 is 12.1 Å². The van der Waals surface area contributed by atoms with Crippen LogP contribution in [0.2, 0.25) is 0 Å². The number of carboxylic acids is 1. The third-order valence-electron chi connectivity index (χ3n) is 13.2. The van der Waals surface area contributed by atoms with Crippen molar-refractivity contribution in [3.63, 3.8) is 0 Å². The number of hydrogen-bond acceptors (Lipinski definition) is 3. The van der Waals surface area contributed by atoms with Crippen molar-refractivity contribution in [2.24, 2.45) is 50.7 Å². The van der Waals surface area contributed by atoms with Gasteiger partial charge in [0.1, 0.15) is 0 Å². The third kappa shape index (κ3) is 3.00. The van der Waals surface area contributed by atoms with Crippen LogP contribution in [-0.2, 0) is 4.79 Å². The SMILES string of the molecule is CC(=CC(O)CC(C)C1CCC2(C)C3CCC4C(C)(C)C(O)CCC45CC35CCC12C)C(=O)O. The Labute approximate surface area is 206 Å². The second-order valence-corrected chi connectivity index (χ2v) is 14.5. The molecule has 0 aromatic rings. The van der Waals surface area contributed by atoms with Gasteiger partial charge in [-0.25, -0.2) is 4.79 Å². The van der Waals surface area contributed by atoms with Gasteiger partial charge in [-0.2, -0.15) is 0 Å². The standard InChI is InChI=1S/C30H48O4/c1-18(15-20(31)16-19(2)25(33)34)21-9-11-28(6)23-8-7-22-26(3,4)24(32)10-12-29(22)17-30(23,29)14-13-27(21,28)5/h16,18,20-24,31-32H,7-15,17H2,1-6H3,(H,33,34). The molecule has 5 saturated carbocycles. The van der Waals surface area contributed by atoms with E-state index in [0.717, 1.165) is 12.3 Å². The maximum Gasteiger partial charge on any atom is 0.331 e. The van der Waals surface area contributed by atoms with Crippen LogP contribution in [0.3, 0.4) is 0 Å². The van der Waals surface area contributed by atoms with Gasteiger partial charge in [0, 0.05) is 5.57 Å². The van der Waals surface area contributed by atoms with Crippen LogP contribution < -0.4 is 0 Å². The maximum atomic E-state index is 11.2. The summed E-state index contributed by atoms with van der Waals surface area (Å²) in [6.07, 6.45) is 12.7. The molecule has 0 aromatic carbocycles. The predicted molar refractivity (Wildman–Crippen MR) is 134 cm³/mol. The van der Waals surface area contributed by atoms with E-state index in [4.69, 9.17) is 0 Å². The first-order valence-electron chi connectivity index (χ1n) is 14.0. The van der Waals surface area contributed by atoms with Crippen LogP contribution in [0.4, 0.5) is 0 Å². The minimum Gasteiger partial charge on any atom is -0.478 e. The minimum atomic E-state index is -0.947. The van der Waals surface area contributed by atoms with Crippen molar-refractivity contribution in [1.29, 1.82) is 0 Å². The fourth-order valence-electron chi connectivity index (χ4n) is 11.3. The van der Waals surface area contributed by atoms with E-state index in [0.29, 0.717) is 40.4 Å². The molecular formula is C30H48O4. The second-order valence-electron chi connectivity index (χ2n) is 14.5. The molecule has 0 aliphatic heterocycles. The van der Waals surface area contributed by atoms with Crippen molar-refractivity contribution in [3.8, 4) is 0 Å². The summed E-state index contributed by atoms with van der Waals surface area (Å²) in [5.74, 6) is 1.47. The van der Waals surface area contributed by atoms with E-state index in [2.05, 4.69) is 34.6 Å². The number of carbonyl (C=O) groups is 1. The molecule has 4 heteroatoms. The number of rotatable bonds is 5. The van der Waals surface area contributed by atoms with Crippen molar-refractivity contribution >= 4 is 5.97 Å². The molecule has 192 valence electrons. The fourth-order valence-corrected chi connectivity index (χ4v) is 11.3. The average Bonchev–Trinajstić information content (AvgIpc) is 3.33. The number of carboxylic acid groups (broad SMARTS) is 1. The normalized spacial score (nSPS) is 50.9. The summed E-state index contributed by atoms with van der Waals surface area (Å²) in [6.45, 7) is 13.7. The number of fused-ring (bicyclic) bond motifs is 2. The Kier molecular flexibility index (Phi) is 5.52. The van der Waals surface area contributed by atoms with E-state index >= 15 is 0 Å². The molecule has 0 saturated heterocycles. The molecule has 0 aromatic heterocycles. The van der Waals surface area contributed by atoms with Gasteiger partial charge in [0.25, 0.3) is 0 Å². The van der Waals surface area contributed by atoms with E-state index in [1.54, 1.807) is 6.92 Å². The van der Waals surface area contributed by atoms with Crippen LogP contribution >= 0.6 is 0 Å². The highest BCUT2D eigenvalue weighted by Gasteiger charge is 2.82. The van der Waals surface area contributed by atoms with Crippen LogP contribution in [0.5, 0.6) is 0 Å². The summed E-state index contributed by atoms with van der Waals surface area (Å²) in [6, 6.07) is 0. The Morgan fingerprint density at radius 3 is 2.26 bits per heavy atom. The van der Waals surface area contributed by atoms with Crippen LogP contribution in [-0.4, -0.2) is 33.5 Å². The van der Waals surface area contributed by atoms with Gasteiger partial charge in [-0.05, 0) is 128 Å². The number of aliphatic hydroxyl groups excluding tert-OH is 2. The third-order valence-corrected chi connectivity index (χ3v) is 13.2. The predicted octanol–water partition coefficient (Wildman–Crippen LogP) is 6.20. The Hall–Kier alpha value is -0.870. The summed E-state index contributed by atoms with van der Waals surface area (Å²) >= 11 is 0. The zero-order chi connectivity index (χ0) is 24.9. The van der Waals surface area contributed by atoms with Crippen molar-refractivity contribution < 1.29 is 20.1 Å². The van der Waals surface area contributed by atoms with Gasteiger partial charge in [0.2, 0.25) is 0 Å². The highest BCUT2D eigenvalue weighted by molar-refractivity contribution is 5.85. The summed E-state index contributed by atoms with van der Waals surface area (Å²) in [4.78, 5) is 11.2. The summed E-state index contributed by atoms with van der Waals surface area (Å²) in [7, 11) is 0. The molecule has 0 bridgehead atoms. The maximum absolute atomic E-state index is 11.2. The van der Waals surface area contributed by atoms with E-state index in [9.17, 15) is 20.1 Å². The lowest BCUT2D eigenvalue weighted by molar-refractivity contribution is -0.162. The lowest BCUT2D eigenvalue weighted by Crippen LogP contribution is -2.57. The lowest BCUT2D eigenvalue weighted by Gasteiger charge is -2.63. The minimum absolute atomic E-state index is 0.0405. The fraction of sp³-hybridized carbons (Fsp3) is 0.900. The van der Waals surface area contributed by atoms with Crippen molar-refractivity contribution in [2.75, 3.05) is 0 Å². The van der Waals surface area contributed by atoms with Crippen molar-refractivity contribution in [2.45, 2.75) is 118 Å². The first-order valence-corrected chi connectivity index (χ1v) is 14.0. The van der Waals surface area contributed by atoms with Gasteiger partial charge >= 0.3 is 5.97 Å². The van der Waals surface area contributed by atoms with Gasteiger partial charge < -0.3 is 15.3 Å². The second kappa shape index (κ2) is 7.57. The molecular weight excluding hydrogens is 424 g/mol. The topological polar surface area (TPSA) is 77.8 Å². The Morgan fingerprint density at radius 1 is 0.941 bits per heavy atom. The van der Waals surface area contributed by atoms with E-state index in [1.165, 1.54) is 57.4 Å². The smallest absolute Gasteiger partial charge is 0.331 e. The molecule has 0 heterocycles. The van der Waals surface area contributed by atoms with Crippen LogP contribution in [0.1, 0.15) is 106 Å². The van der Waals surface area contributed by atoms with Gasteiger partial charge in [-0.15, -0.1) is 0 Å². The lowest BCUT2D eigenvalue weighted by atomic mass is 9.41. The highest BCUT2D eigenvalue weighted by Crippen LogP contribution is 2.89. The number of aliphatic hydroxyl groups is 2. The quantitative estimate of drug-likeness (QED) is 0.416. The van der Waals surface area contributed by atoms with Crippen LogP contribution in [0, 0.1) is 50.7 Å². The largest absolute Gasteiger partial charge is 0.478 e. The summed E-state index contributed by atoms with van der Waals surface area (Å²) < 4.78 is 0. The van der Waals surface area contributed by atoms with Gasteiger partial charge in [0.15, 0.2) is 0 Å². The molecule has 34 heavy (non-hydrogen) atoms. The first-order chi connectivity index (χ1) is 15.8. The molecule has 0 amide bonds. The summed E-state index contributed by atoms with van der Waals surface area (Å²) in [5, 5.41) is 30.6. The zero-order valence-electron chi connectivity index (χ0n) is 22.4. The zero-order valence-corrected chi connectivity index (χ0v) is 22.4. The van der Waals surface area contributed by atoms with E-state index in [1.807, 2.05) is 0 Å². The molecule has 5 aliphatic rings. The molecule has 2 spiro atoms. The summed E-state index contributed by atoms with van der Waals surface area (Å²) in [5.41, 5.74) is 1.88. The number of hydrogen-bond donors (Lipinski definition) is 3. The Bertz CT molecular complexity index is 892. The molecule has 5 rings (SSSR count). The van der Waals surface area contributed by atoms with Gasteiger partial charge in [-0.3, -0.25) is 0 Å². The average molecular weight is 473 g/mol. The molecule has 10 atom stereocenters. The highest BCUT2D eigenvalue weighted by atomic mass is 16.4. The van der Waals surface area contributed by atoms with E-state index in [-0.39, 0.29) is 22.5 Å². The Balaban J connectivity index is 1.38. The molecule has 10 unspecified atom stereocenters. The van der Waals surface area contributed by atoms with Crippen LogP contribution in [0.15, 0.2) is 11.6 Å². The first kappa shape index (κ1) is 24.8. The molecule has 3 N–H and O–H groups in total. The number of aliphatic carboxylic acids is 1. The molecule has 0 radical (unpaired) electrons. The van der Waals surface area contributed by atoms with Crippen molar-refractivity contribution in [1.82, 2.24) is 0 Å². The van der Waals surface area contributed by atoms with Gasteiger partial charge in [-0.1, -0.05) is 34.6 Å². The molecule has 5 aliphatic carbocycles. The van der Waals surface area contributed by atoms with Crippen LogP contribution in [0.25, 0.3) is 0 Å². The van der Waals surface area contributed by atoms with Gasteiger partial charge in [0.05, 0.1) is 12.2 Å².